The second kappa shape index (κ2) is 9.71. The molecule has 1 aliphatic heterocycles. The van der Waals surface area contributed by atoms with Crippen molar-refractivity contribution in [3.05, 3.63) is 29.5 Å². The molecule has 1 aliphatic rings. The van der Waals surface area contributed by atoms with E-state index in [9.17, 15) is 14.7 Å². The zero-order chi connectivity index (χ0) is 24.4. The Bertz CT molecular complexity index is 992. The molecule has 0 spiro atoms. The van der Waals surface area contributed by atoms with E-state index in [4.69, 9.17) is 9.84 Å². The molecule has 0 radical (unpaired) electrons. The number of fused-ring (bicyclic) bond motifs is 1. The van der Waals surface area contributed by atoms with Crippen LogP contribution in [0.1, 0.15) is 69.8 Å². The number of hydrogen-bond acceptors (Lipinski definition) is 5. The van der Waals surface area contributed by atoms with Gasteiger partial charge in [0.1, 0.15) is 5.60 Å². The van der Waals surface area contributed by atoms with Crippen LogP contribution in [0.4, 0.5) is 4.79 Å². The van der Waals surface area contributed by atoms with Gasteiger partial charge in [-0.05, 0) is 84.4 Å². The van der Waals surface area contributed by atoms with Crippen LogP contribution in [0.3, 0.4) is 0 Å². The Morgan fingerprint density at radius 1 is 1.18 bits per heavy atom. The molecule has 33 heavy (non-hydrogen) atoms. The number of piperidine rings is 1. The van der Waals surface area contributed by atoms with Gasteiger partial charge in [0.05, 0.1) is 11.1 Å². The van der Waals surface area contributed by atoms with Crippen LogP contribution in [0.2, 0.25) is 0 Å². The molecule has 2 amide bonds. The summed E-state index contributed by atoms with van der Waals surface area (Å²) in [6, 6.07) is 3.70. The summed E-state index contributed by atoms with van der Waals surface area (Å²) in [5.41, 5.74) is 1.11. The van der Waals surface area contributed by atoms with Crippen LogP contribution in [-0.4, -0.2) is 62.6 Å². The third-order valence-corrected chi connectivity index (χ3v) is 5.98. The van der Waals surface area contributed by atoms with Gasteiger partial charge >= 0.3 is 6.09 Å². The van der Waals surface area contributed by atoms with Gasteiger partial charge in [-0.3, -0.25) is 9.48 Å². The third kappa shape index (κ3) is 6.93. The Labute approximate surface area is 196 Å². The lowest BCUT2D eigenvalue weighted by molar-refractivity contribution is 0.0177. The Kier molecular flexibility index (Phi) is 7.36. The molecule has 0 aliphatic carbocycles. The number of carbonyl (C=O) groups excluding carboxylic acids is 2. The van der Waals surface area contributed by atoms with E-state index in [1.807, 2.05) is 50.7 Å². The minimum atomic E-state index is -0.809. The van der Waals surface area contributed by atoms with Gasteiger partial charge < -0.3 is 20.1 Å². The molecule has 8 nitrogen and oxygen atoms in total. The van der Waals surface area contributed by atoms with Gasteiger partial charge in [0.2, 0.25) is 0 Å². The molecule has 3 rings (SSSR count). The first-order chi connectivity index (χ1) is 15.3. The summed E-state index contributed by atoms with van der Waals surface area (Å²) in [5.74, 6) is 0.295. The molecule has 182 valence electrons. The number of nitrogens with one attached hydrogen (secondary N) is 1. The van der Waals surface area contributed by atoms with Crippen LogP contribution in [-0.2, 0) is 11.3 Å². The van der Waals surface area contributed by atoms with E-state index in [1.165, 1.54) is 0 Å². The fourth-order valence-electron chi connectivity index (χ4n) is 4.09. The molecule has 8 heteroatoms. The van der Waals surface area contributed by atoms with Crippen LogP contribution in [0.15, 0.2) is 18.3 Å². The number of aromatic nitrogens is 2. The summed E-state index contributed by atoms with van der Waals surface area (Å²) in [7, 11) is 0. The topological polar surface area (TPSA) is 96.7 Å². The number of nitrogens with zero attached hydrogens (tertiary/aromatic N) is 3. The Morgan fingerprint density at radius 3 is 2.45 bits per heavy atom. The zero-order valence-corrected chi connectivity index (χ0v) is 20.8. The lowest BCUT2D eigenvalue weighted by atomic mass is 9.97. The largest absolute Gasteiger partial charge is 0.444 e. The molecule has 1 aromatic carbocycles. The van der Waals surface area contributed by atoms with E-state index in [1.54, 1.807) is 18.7 Å². The Morgan fingerprint density at radius 2 is 1.85 bits per heavy atom. The van der Waals surface area contributed by atoms with Crippen LogP contribution >= 0.6 is 0 Å². The smallest absolute Gasteiger partial charge is 0.410 e. The van der Waals surface area contributed by atoms with Crippen molar-refractivity contribution in [1.82, 2.24) is 20.0 Å². The number of amides is 2. The average molecular weight is 459 g/mol. The predicted molar refractivity (Wildman–Crippen MR) is 128 cm³/mol. The van der Waals surface area contributed by atoms with Crippen LogP contribution < -0.4 is 5.32 Å². The Hall–Kier alpha value is -2.61. The first kappa shape index (κ1) is 25.0. The maximum absolute atomic E-state index is 12.6. The number of ether oxygens (including phenoxy) is 1. The highest BCUT2D eigenvalue weighted by Crippen LogP contribution is 2.24. The number of aryl methyl sites for hydroxylation is 1. The van der Waals surface area contributed by atoms with E-state index >= 15 is 0 Å². The maximum Gasteiger partial charge on any atom is 0.410 e. The van der Waals surface area contributed by atoms with E-state index in [2.05, 4.69) is 5.32 Å². The molecule has 0 unspecified atom stereocenters. The molecule has 2 aromatic rings. The quantitative estimate of drug-likeness (QED) is 0.685. The van der Waals surface area contributed by atoms with Gasteiger partial charge in [-0.25, -0.2) is 4.79 Å². The van der Waals surface area contributed by atoms with Crippen molar-refractivity contribution in [2.24, 2.45) is 5.92 Å². The van der Waals surface area contributed by atoms with Crippen LogP contribution in [0.25, 0.3) is 10.9 Å². The maximum atomic E-state index is 12.6. The number of carbonyl (C=O) groups is 2. The minimum absolute atomic E-state index is 0.138. The van der Waals surface area contributed by atoms with E-state index in [0.29, 0.717) is 37.5 Å². The predicted octanol–water partition coefficient (Wildman–Crippen LogP) is 3.88. The molecule has 1 saturated heterocycles. The monoisotopic (exact) mass is 458 g/mol. The fourth-order valence-corrected chi connectivity index (χ4v) is 4.09. The van der Waals surface area contributed by atoms with Crippen molar-refractivity contribution in [2.45, 2.75) is 78.6 Å². The third-order valence-electron chi connectivity index (χ3n) is 5.98. The zero-order valence-electron chi connectivity index (χ0n) is 20.8. The van der Waals surface area contributed by atoms with Crippen molar-refractivity contribution in [3.63, 3.8) is 0 Å². The summed E-state index contributed by atoms with van der Waals surface area (Å²) in [6.45, 7) is 13.6. The van der Waals surface area contributed by atoms with Gasteiger partial charge in [-0.1, -0.05) is 0 Å². The molecule has 2 heterocycles. The van der Waals surface area contributed by atoms with Crippen LogP contribution in [0.5, 0.6) is 0 Å². The van der Waals surface area contributed by atoms with Crippen molar-refractivity contribution in [3.8, 4) is 0 Å². The highest BCUT2D eigenvalue weighted by atomic mass is 16.6. The number of rotatable bonds is 6. The van der Waals surface area contributed by atoms with Gasteiger partial charge in [0, 0.05) is 43.3 Å². The summed E-state index contributed by atoms with van der Waals surface area (Å²) >= 11 is 0. The highest BCUT2D eigenvalue weighted by molar-refractivity contribution is 6.00. The van der Waals surface area contributed by atoms with Crippen molar-refractivity contribution >= 4 is 22.9 Å². The standard InChI is InChI=1S/C25H38N4O4/c1-17-19(22(30)26-12-11-25(5,6)32)7-8-21-20(17)16-29(27-21)15-18-9-13-28(14-10-18)23(31)33-24(2,3)4/h7-8,16,18,32H,9-15H2,1-6H3,(H,26,30). The second-order valence-electron chi connectivity index (χ2n) is 10.8. The average Bonchev–Trinajstić information content (AvgIpc) is 3.10. The molecule has 2 N–H and O–H groups in total. The molecular formula is C25H38N4O4. The number of likely N-dealkylation sites (tertiary alicyclic amines) is 1. The summed E-state index contributed by atoms with van der Waals surface area (Å²) in [5, 5.41) is 18.4. The van der Waals surface area contributed by atoms with Crippen LogP contribution in [0, 0.1) is 12.8 Å². The van der Waals surface area contributed by atoms with E-state index < -0.39 is 11.2 Å². The van der Waals surface area contributed by atoms with Crippen molar-refractivity contribution in [2.75, 3.05) is 19.6 Å². The molecule has 0 saturated carbocycles. The normalized spacial score (nSPS) is 15.7. The summed E-state index contributed by atoms with van der Waals surface area (Å²) in [6.07, 6.45) is 4.07. The first-order valence-corrected chi connectivity index (χ1v) is 11.8. The highest BCUT2D eigenvalue weighted by Gasteiger charge is 2.27. The van der Waals surface area contributed by atoms with Crippen molar-refractivity contribution in [1.29, 1.82) is 0 Å². The van der Waals surface area contributed by atoms with Crippen molar-refractivity contribution < 1.29 is 19.4 Å². The van der Waals surface area contributed by atoms with E-state index in [0.717, 1.165) is 35.9 Å². The van der Waals surface area contributed by atoms with Gasteiger partial charge in [-0.2, -0.15) is 5.10 Å². The number of benzene rings is 1. The summed E-state index contributed by atoms with van der Waals surface area (Å²) in [4.78, 5) is 26.7. The lowest BCUT2D eigenvalue weighted by Gasteiger charge is -2.33. The lowest BCUT2D eigenvalue weighted by Crippen LogP contribution is -2.42. The van der Waals surface area contributed by atoms with Gasteiger partial charge in [0.15, 0.2) is 0 Å². The second-order valence-corrected chi connectivity index (χ2v) is 10.8. The molecule has 0 bridgehead atoms. The number of hydrogen-bond donors (Lipinski definition) is 2. The molecular weight excluding hydrogens is 420 g/mol. The minimum Gasteiger partial charge on any atom is -0.444 e. The van der Waals surface area contributed by atoms with Gasteiger partial charge in [0.25, 0.3) is 5.91 Å². The SMILES string of the molecule is Cc1c(C(=O)NCCC(C)(C)O)ccc2nn(CC3CCN(C(=O)OC(C)(C)C)CC3)cc12. The molecule has 1 fully saturated rings. The molecule has 1 aromatic heterocycles. The van der Waals surface area contributed by atoms with E-state index in [-0.39, 0.29) is 12.0 Å². The first-order valence-electron chi connectivity index (χ1n) is 11.8. The summed E-state index contributed by atoms with van der Waals surface area (Å²) < 4.78 is 7.44. The van der Waals surface area contributed by atoms with Gasteiger partial charge in [-0.15, -0.1) is 0 Å². The fraction of sp³-hybridized carbons (Fsp3) is 0.640. The Balaban J connectivity index is 1.60. The number of aliphatic hydroxyl groups is 1. The molecule has 0 atom stereocenters.